The summed E-state index contributed by atoms with van der Waals surface area (Å²) < 4.78 is 11.5. The van der Waals surface area contributed by atoms with Crippen LogP contribution in [0.25, 0.3) is 0 Å². The molecule has 0 N–H and O–H groups in total. The third kappa shape index (κ3) is 6.20. The summed E-state index contributed by atoms with van der Waals surface area (Å²) in [6.07, 6.45) is 1.92. The first-order valence-corrected chi connectivity index (χ1v) is 11.7. The third-order valence-electron chi connectivity index (χ3n) is 5.25. The molecule has 2 fully saturated rings. The van der Waals surface area contributed by atoms with E-state index >= 15 is 0 Å². The molecule has 2 aliphatic rings. The van der Waals surface area contributed by atoms with Gasteiger partial charge in [-0.15, -0.1) is 11.8 Å². The lowest BCUT2D eigenvalue weighted by molar-refractivity contribution is 0.0320. The number of anilines is 1. The monoisotopic (exact) mass is 426 g/mol. The molecule has 1 aromatic heterocycles. The minimum absolute atomic E-state index is 0.544. The van der Waals surface area contributed by atoms with E-state index in [-0.39, 0.29) is 0 Å². The Labute approximate surface area is 183 Å². The lowest BCUT2D eigenvalue weighted by Crippen LogP contribution is -2.38. The molecule has 3 heterocycles. The first-order chi connectivity index (χ1) is 14.8. The van der Waals surface area contributed by atoms with Crippen molar-refractivity contribution < 1.29 is 9.47 Å². The quantitative estimate of drug-likeness (QED) is 0.604. The van der Waals surface area contributed by atoms with Crippen LogP contribution in [-0.4, -0.2) is 73.7 Å². The summed E-state index contributed by atoms with van der Waals surface area (Å²) in [4.78, 5) is 14.1. The van der Waals surface area contributed by atoms with Crippen LogP contribution in [-0.2, 0) is 11.3 Å². The molecule has 2 aliphatic heterocycles. The van der Waals surface area contributed by atoms with Gasteiger partial charge in [-0.05, 0) is 18.6 Å². The van der Waals surface area contributed by atoms with Gasteiger partial charge in [0.05, 0.1) is 31.3 Å². The summed E-state index contributed by atoms with van der Waals surface area (Å²) in [6.45, 7) is 8.80. The second-order valence-corrected chi connectivity index (χ2v) is 8.72. The lowest BCUT2D eigenvalue weighted by Gasteiger charge is -2.26. The molecule has 0 radical (unpaired) electrons. The predicted octanol–water partition coefficient (Wildman–Crippen LogP) is 3.23. The summed E-state index contributed by atoms with van der Waals surface area (Å²) >= 11 is 1.96. The fraction of sp³-hybridized carbons (Fsp3) is 0.478. The van der Waals surface area contributed by atoms with E-state index in [2.05, 4.69) is 58.1 Å². The first-order valence-electron chi connectivity index (χ1n) is 10.6. The van der Waals surface area contributed by atoms with E-state index in [4.69, 9.17) is 14.5 Å². The highest BCUT2D eigenvalue weighted by Crippen LogP contribution is 2.26. The van der Waals surface area contributed by atoms with E-state index in [0.29, 0.717) is 19.0 Å². The second kappa shape index (κ2) is 10.8. The number of hydrogen-bond donors (Lipinski definition) is 0. The minimum Gasteiger partial charge on any atom is -0.476 e. The number of thioether (sulfide) groups is 1. The number of hydrogen-bond acceptors (Lipinski definition) is 7. The highest BCUT2D eigenvalue weighted by Gasteiger charge is 2.16. The van der Waals surface area contributed by atoms with Crippen LogP contribution in [0.15, 0.2) is 41.4 Å². The zero-order valence-corrected chi connectivity index (χ0v) is 18.4. The van der Waals surface area contributed by atoms with Crippen molar-refractivity contribution in [2.24, 2.45) is 4.99 Å². The fourth-order valence-electron chi connectivity index (χ4n) is 3.60. The summed E-state index contributed by atoms with van der Waals surface area (Å²) in [6, 6.07) is 12.6. The largest absolute Gasteiger partial charge is 0.476 e. The topological polar surface area (TPSA) is 50.2 Å². The molecular formula is C23H30N4O2S. The summed E-state index contributed by atoms with van der Waals surface area (Å²) in [7, 11) is 0. The van der Waals surface area contributed by atoms with E-state index in [1.165, 1.54) is 11.3 Å². The van der Waals surface area contributed by atoms with Crippen LogP contribution in [0.5, 0.6) is 5.88 Å². The molecule has 0 aliphatic carbocycles. The van der Waals surface area contributed by atoms with Crippen molar-refractivity contribution in [2.75, 3.05) is 62.5 Å². The average molecular weight is 427 g/mol. The maximum atomic E-state index is 6.05. The van der Waals surface area contributed by atoms with E-state index in [9.17, 15) is 0 Å². The van der Waals surface area contributed by atoms with Gasteiger partial charge in [0.25, 0.3) is 0 Å². The zero-order valence-electron chi connectivity index (χ0n) is 17.6. The first kappa shape index (κ1) is 21.2. The Hall–Kier alpha value is -2.09. The van der Waals surface area contributed by atoms with Gasteiger partial charge in [0.15, 0.2) is 0 Å². The van der Waals surface area contributed by atoms with Gasteiger partial charge in [0.1, 0.15) is 6.61 Å². The number of rotatable bonds is 8. The van der Waals surface area contributed by atoms with Crippen LogP contribution in [0.3, 0.4) is 0 Å². The van der Waals surface area contributed by atoms with E-state index in [1.54, 1.807) is 0 Å². The molecule has 7 heteroatoms. The Morgan fingerprint density at radius 3 is 2.90 bits per heavy atom. The predicted molar refractivity (Wildman–Crippen MR) is 124 cm³/mol. The van der Waals surface area contributed by atoms with E-state index < -0.39 is 0 Å². The Kier molecular flexibility index (Phi) is 7.61. The number of ether oxygens (including phenoxy) is 2. The van der Waals surface area contributed by atoms with Crippen LogP contribution >= 0.6 is 11.8 Å². The number of nitrogens with zero attached hydrogens (tertiary/aromatic N) is 4. The van der Waals surface area contributed by atoms with Crippen molar-refractivity contribution in [3.8, 4) is 5.88 Å². The second-order valence-electron chi connectivity index (χ2n) is 7.64. The number of morpholine rings is 1. The molecule has 0 bridgehead atoms. The maximum absolute atomic E-state index is 6.05. The number of aromatic nitrogens is 1. The Balaban J connectivity index is 1.41. The summed E-state index contributed by atoms with van der Waals surface area (Å²) in [5.74, 6) is 2.87. The van der Waals surface area contributed by atoms with E-state index in [0.717, 1.165) is 62.3 Å². The van der Waals surface area contributed by atoms with Gasteiger partial charge in [0, 0.05) is 49.9 Å². The summed E-state index contributed by atoms with van der Waals surface area (Å²) in [5, 5.41) is 0. The van der Waals surface area contributed by atoms with Gasteiger partial charge in [-0.2, -0.15) is 0 Å². The number of pyridine rings is 1. The number of aryl methyl sites for hydroxylation is 1. The molecule has 1 aromatic carbocycles. The van der Waals surface area contributed by atoms with Crippen LogP contribution in [0.2, 0.25) is 0 Å². The van der Waals surface area contributed by atoms with Gasteiger partial charge in [-0.25, -0.2) is 4.98 Å². The van der Waals surface area contributed by atoms with Crippen LogP contribution in [0.1, 0.15) is 16.8 Å². The van der Waals surface area contributed by atoms with Crippen LogP contribution in [0.4, 0.5) is 5.69 Å². The molecule has 0 spiro atoms. The zero-order chi connectivity index (χ0) is 20.6. The molecule has 6 nitrogen and oxygen atoms in total. The molecule has 0 saturated carbocycles. The van der Waals surface area contributed by atoms with Gasteiger partial charge in [0.2, 0.25) is 5.88 Å². The Bertz CT molecular complexity index is 849. The normalized spacial score (nSPS) is 17.7. The smallest absolute Gasteiger partial charge is 0.215 e. The highest BCUT2D eigenvalue weighted by molar-refractivity contribution is 7.99. The molecular weight excluding hydrogens is 396 g/mol. The van der Waals surface area contributed by atoms with Crippen molar-refractivity contribution in [1.29, 1.82) is 0 Å². The Morgan fingerprint density at radius 2 is 2.10 bits per heavy atom. The molecule has 0 amide bonds. The van der Waals surface area contributed by atoms with Gasteiger partial charge in [-0.1, -0.05) is 29.8 Å². The maximum Gasteiger partial charge on any atom is 0.215 e. The van der Waals surface area contributed by atoms with Crippen molar-refractivity contribution in [2.45, 2.75) is 13.5 Å². The molecule has 4 rings (SSSR count). The van der Waals surface area contributed by atoms with Crippen molar-refractivity contribution >= 4 is 23.7 Å². The standard InChI is InChI=1S/C23H30N4O2S/c1-19-3-2-4-20(13-19)16-24-17-21-14-22(27-8-12-30-18-27)15-23(25-21)29-11-7-26-5-9-28-10-6-26/h2-4,13-16H,5-12,17-18H2,1H3. The van der Waals surface area contributed by atoms with Gasteiger partial charge < -0.3 is 14.4 Å². The molecule has 2 aromatic rings. The average Bonchev–Trinajstić information content (AvgIpc) is 3.30. The molecule has 30 heavy (non-hydrogen) atoms. The van der Waals surface area contributed by atoms with Crippen molar-refractivity contribution in [1.82, 2.24) is 9.88 Å². The minimum atomic E-state index is 0.544. The molecule has 2 saturated heterocycles. The van der Waals surface area contributed by atoms with Crippen LogP contribution in [0, 0.1) is 6.92 Å². The Morgan fingerprint density at radius 1 is 1.20 bits per heavy atom. The van der Waals surface area contributed by atoms with Crippen molar-refractivity contribution in [3.63, 3.8) is 0 Å². The van der Waals surface area contributed by atoms with Gasteiger partial charge in [-0.3, -0.25) is 9.89 Å². The number of benzene rings is 1. The summed E-state index contributed by atoms with van der Waals surface area (Å²) in [5.41, 5.74) is 4.47. The molecule has 160 valence electrons. The molecule has 0 unspecified atom stereocenters. The van der Waals surface area contributed by atoms with E-state index in [1.807, 2.05) is 18.0 Å². The van der Waals surface area contributed by atoms with Crippen LogP contribution < -0.4 is 9.64 Å². The van der Waals surface area contributed by atoms with Gasteiger partial charge >= 0.3 is 0 Å². The van der Waals surface area contributed by atoms with Crippen molar-refractivity contribution in [3.05, 3.63) is 53.2 Å². The fourth-order valence-corrected chi connectivity index (χ4v) is 4.58. The highest BCUT2D eigenvalue weighted by atomic mass is 32.2. The SMILES string of the molecule is Cc1cccc(C=NCc2cc(N3CCSC3)cc(OCCN3CCOCC3)n2)c1. The number of aliphatic imine (C=N–C) groups is 1. The molecule has 0 atom stereocenters. The lowest BCUT2D eigenvalue weighted by atomic mass is 10.1. The third-order valence-corrected chi connectivity index (χ3v) is 6.22.